The van der Waals surface area contributed by atoms with E-state index in [0.29, 0.717) is 5.75 Å². The van der Waals surface area contributed by atoms with Crippen molar-refractivity contribution in [2.75, 3.05) is 0 Å². The molecule has 0 bridgehead atoms. The van der Waals surface area contributed by atoms with Crippen LogP contribution in [0.15, 0.2) is 12.1 Å². The molecule has 19 heavy (non-hydrogen) atoms. The Labute approximate surface area is 120 Å². The van der Waals surface area contributed by atoms with Gasteiger partial charge in [-0.3, -0.25) is 4.79 Å². The zero-order valence-corrected chi connectivity index (χ0v) is 12.6. The highest BCUT2D eigenvalue weighted by Gasteiger charge is 2.26. The molecule has 0 amide bonds. The number of benzene rings is 1. The SMILES string of the molecule is Cc1cc(OC(=O)C2CCC(C)CC2)cc(C)c1Cl. The van der Waals surface area contributed by atoms with Crippen LogP contribution in [0.2, 0.25) is 5.02 Å². The zero-order chi connectivity index (χ0) is 14.0. The van der Waals surface area contributed by atoms with Crippen LogP contribution in [0.3, 0.4) is 0 Å². The van der Waals surface area contributed by atoms with Gasteiger partial charge in [-0.1, -0.05) is 18.5 Å². The van der Waals surface area contributed by atoms with Gasteiger partial charge in [0.25, 0.3) is 0 Å². The summed E-state index contributed by atoms with van der Waals surface area (Å²) in [6.07, 6.45) is 4.15. The van der Waals surface area contributed by atoms with Crippen LogP contribution in [0.1, 0.15) is 43.7 Å². The molecule has 1 aromatic carbocycles. The number of rotatable bonds is 2. The van der Waals surface area contributed by atoms with E-state index < -0.39 is 0 Å². The summed E-state index contributed by atoms with van der Waals surface area (Å²) in [5.41, 5.74) is 1.89. The van der Waals surface area contributed by atoms with Crippen molar-refractivity contribution in [3.05, 3.63) is 28.3 Å². The number of esters is 1. The largest absolute Gasteiger partial charge is 0.426 e. The summed E-state index contributed by atoms with van der Waals surface area (Å²) >= 11 is 6.11. The van der Waals surface area contributed by atoms with Gasteiger partial charge in [0.2, 0.25) is 0 Å². The van der Waals surface area contributed by atoms with Crippen LogP contribution in [0.4, 0.5) is 0 Å². The minimum absolute atomic E-state index is 0.0625. The predicted molar refractivity (Wildman–Crippen MR) is 77.7 cm³/mol. The Morgan fingerprint density at radius 1 is 1.16 bits per heavy atom. The van der Waals surface area contributed by atoms with Gasteiger partial charge in [0, 0.05) is 5.02 Å². The molecular formula is C16H21ClO2. The lowest BCUT2D eigenvalue weighted by Crippen LogP contribution is -2.25. The van der Waals surface area contributed by atoms with E-state index in [-0.39, 0.29) is 11.9 Å². The number of hydrogen-bond donors (Lipinski definition) is 0. The van der Waals surface area contributed by atoms with Gasteiger partial charge >= 0.3 is 5.97 Å². The van der Waals surface area contributed by atoms with E-state index in [4.69, 9.17) is 16.3 Å². The van der Waals surface area contributed by atoms with Crippen molar-refractivity contribution < 1.29 is 9.53 Å². The molecule has 104 valence electrons. The molecule has 2 nitrogen and oxygen atoms in total. The Morgan fingerprint density at radius 3 is 2.21 bits per heavy atom. The van der Waals surface area contributed by atoms with Crippen molar-refractivity contribution in [1.29, 1.82) is 0 Å². The molecule has 1 aliphatic rings. The lowest BCUT2D eigenvalue weighted by molar-refractivity contribution is -0.140. The highest BCUT2D eigenvalue weighted by Crippen LogP contribution is 2.31. The standard InChI is InChI=1S/C16H21ClO2/c1-10-4-6-13(7-5-10)16(18)19-14-8-11(2)15(17)12(3)9-14/h8-10,13H,4-7H2,1-3H3. The summed E-state index contributed by atoms with van der Waals surface area (Å²) in [6, 6.07) is 3.66. The van der Waals surface area contributed by atoms with Gasteiger partial charge in [-0.2, -0.15) is 0 Å². The second-order valence-corrected chi connectivity index (χ2v) is 6.13. The van der Waals surface area contributed by atoms with E-state index in [1.165, 1.54) is 0 Å². The molecule has 0 spiro atoms. The smallest absolute Gasteiger partial charge is 0.314 e. The third-order valence-corrected chi connectivity index (χ3v) is 4.57. The minimum atomic E-state index is -0.0898. The van der Waals surface area contributed by atoms with Crippen molar-refractivity contribution >= 4 is 17.6 Å². The van der Waals surface area contributed by atoms with Crippen molar-refractivity contribution in [3.63, 3.8) is 0 Å². The molecule has 1 aliphatic carbocycles. The van der Waals surface area contributed by atoms with E-state index in [2.05, 4.69) is 6.92 Å². The average molecular weight is 281 g/mol. The fourth-order valence-electron chi connectivity index (χ4n) is 2.66. The molecule has 1 fully saturated rings. The van der Waals surface area contributed by atoms with Crippen molar-refractivity contribution in [2.45, 2.75) is 46.5 Å². The quantitative estimate of drug-likeness (QED) is 0.580. The van der Waals surface area contributed by atoms with E-state index in [1.54, 1.807) is 0 Å². The molecule has 0 N–H and O–H groups in total. The maximum atomic E-state index is 12.1. The van der Waals surface area contributed by atoms with Gasteiger partial charge in [-0.05, 0) is 68.7 Å². The summed E-state index contributed by atoms with van der Waals surface area (Å²) in [4.78, 5) is 12.1. The van der Waals surface area contributed by atoms with Crippen LogP contribution in [0.25, 0.3) is 0 Å². The van der Waals surface area contributed by atoms with Gasteiger partial charge < -0.3 is 4.74 Å². The topological polar surface area (TPSA) is 26.3 Å². The fourth-order valence-corrected chi connectivity index (χ4v) is 2.77. The molecule has 0 atom stereocenters. The maximum Gasteiger partial charge on any atom is 0.314 e. The second kappa shape index (κ2) is 5.96. The Balaban J connectivity index is 2.03. The zero-order valence-electron chi connectivity index (χ0n) is 11.8. The van der Waals surface area contributed by atoms with Gasteiger partial charge in [0.15, 0.2) is 0 Å². The summed E-state index contributed by atoms with van der Waals surface area (Å²) in [5, 5.41) is 0.742. The molecule has 2 rings (SSSR count). The third-order valence-electron chi connectivity index (χ3n) is 3.98. The van der Waals surface area contributed by atoms with E-state index in [9.17, 15) is 4.79 Å². The first kappa shape index (κ1) is 14.4. The maximum absolute atomic E-state index is 12.1. The van der Waals surface area contributed by atoms with Crippen LogP contribution in [0.5, 0.6) is 5.75 Å². The number of hydrogen-bond acceptors (Lipinski definition) is 2. The van der Waals surface area contributed by atoms with Crippen LogP contribution in [-0.2, 0) is 4.79 Å². The van der Waals surface area contributed by atoms with E-state index in [0.717, 1.165) is 47.8 Å². The summed E-state index contributed by atoms with van der Waals surface area (Å²) in [5.74, 6) is 1.33. The average Bonchev–Trinajstić information content (AvgIpc) is 2.36. The van der Waals surface area contributed by atoms with Gasteiger partial charge in [-0.25, -0.2) is 0 Å². The molecular weight excluding hydrogens is 260 g/mol. The fraction of sp³-hybridized carbons (Fsp3) is 0.562. The number of ether oxygens (including phenoxy) is 1. The molecule has 0 aliphatic heterocycles. The first-order chi connectivity index (χ1) is 8.97. The summed E-state index contributed by atoms with van der Waals surface area (Å²) in [6.45, 7) is 6.09. The lowest BCUT2D eigenvalue weighted by atomic mass is 9.83. The second-order valence-electron chi connectivity index (χ2n) is 5.75. The van der Waals surface area contributed by atoms with Crippen LogP contribution < -0.4 is 4.74 Å². The molecule has 1 aromatic rings. The Morgan fingerprint density at radius 2 is 1.68 bits per heavy atom. The predicted octanol–water partition coefficient (Wildman–Crippen LogP) is 4.69. The lowest BCUT2D eigenvalue weighted by Gasteiger charge is -2.24. The first-order valence-corrected chi connectivity index (χ1v) is 7.33. The highest BCUT2D eigenvalue weighted by atomic mass is 35.5. The van der Waals surface area contributed by atoms with Crippen LogP contribution in [0, 0.1) is 25.7 Å². The molecule has 0 aromatic heterocycles. The number of aryl methyl sites for hydroxylation is 2. The van der Waals surface area contributed by atoms with Crippen LogP contribution >= 0.6 is 11.6 Å². The van der Waals surface area contributed by atoms with E-state index in [1.807, 2.05) is 26.0 Å². The minimum Gasteiger partial charge on any atom is -0.426 e. The van der Waals surface area contributed by atoms with Crippen molar-refractivity contribution in [2.24, 2.45) is 11.8 Å². The van der Waals surface area contributed by atoms with Gasteiger partial charge in [-0.15, -0.1) is 0 Å². The summed E-state index contributed by atoms with van der Waals surface area (Å²) < 4.78 is 5.51. The van der Waals surface area contributed by atoms with Crippen LogP contribution in [-0.4, -0.2) is 5.97 Å². The molecule has 0 saturated heterocycles. The van der Waals surface area contributed by atoms with Crippen molar-refractivity contribution in [3.8, 4) is 5.75 Å². The number of carbonyl (C=O) groups is 1. The molecule has 0 radical (unpaired) electrons. The molecule has 0 heterocycles. The first-order valence-electron chi connectivity index (χ1n) is 6.96. The van der Waals surface area contributed by atoms with Crippen molar-refractivity contribution in [1.82, 2.24) is 0 Å². The monoisotopic (exact) mass is 280 g/mol. The normalized spacial score (nSPS) is 23.2. The Hall–Kier alpha value is -1.02. The Kier molecular flexibility index (Phi) is 4.51. The molecule has 0 unspecified atom stereocenters. The Bertz CT molecular complexity index is 451. The van der Waals surface area contributed by atoms with Gasteiger partial charge in [0.1, 0.15) is 5.75 Å². The van der Waals surface area contributed by atoms with Gasteiger partial charge in [0.05, 0.1) is 5.92 Å². The number of carbonyl (C=O) groups excluding carboxylic acids is 1. The number of halogens is 1. The molecule has 1 saturated carbocycles. The van der Waals surface area contributed by atoms with E-state index >= 15 is 0 Å². The molecule has 3 heteroatoms. The highest BCUT2D eigenvalue weighted by molar-refractivity contribution is 6.32. The summed E-state index contributed by atoms with van der Waals surface area (Å²) in [7, 11) is 0. The third kappa shape index (κ3) is 3.50.